The highest BCUT2D eigenvalue weighted by atomic mass is 32.2. The lowest BCUT2D eigenvalue weighted by atomic mass is 10.3. The highest BCUT2D eigenvalue weighted by Gasteiger charge is 2.12. The van der Waals surface area contributed by atoms with Gasteiger partial charge in [0.15, 0.2) is 15.0 Å². The Bertz CT molecular complexity index is 1210. The molecule has 0 atom stereocenters. The number of rotatable bonds is 5. The van der Waals surface area contributed by atoms with Crippen molar-refractivity contribution in [1.29, 1.82) is 0 Å². The van der Waals surface area contributed by atoms with Gasteiger partial charge in [0.05, 0.1) is 21.7 Å². The quantitative estimate of drug-likeness (QED) is 0.651. The fraction of sp³-hybridized carbons (Fsp3) is 0.200. The minimum atomic E-state index is -3.32. The number of aryl methyl sites for hydroxylation is 1. The van der Waals surface area contributed by atoms with Gasteiger partial charge in [0.25, 0.3) is 11.1 Å². The van der Waals surface area contributed by atoms with E-state index >= 15 is 0 Å². The van der Waals surface area contributed by atoms with E-state index in [9.17, 15) is 22.8 Å². The van der Waals surface area contributed by atoms with Gasteiger partial charge >= 0.3 is 0 Å². The van der Waals surface area contributed by atoms with E-state index in [1.165, 1.54) is 12.1 Å². The molecule has 136 valence electrons. The molecule has 0 spiro atoms. The second-order valence-electron chi connectivity index (χ2n) is 5.52. The third kappa shape index (κ3) is 4.06. The summed E-state index contributed by atoms with van der Waals surface area (Å²) >= 11 is 1.15. The summed E-state index contributed by atoms with van der Waals surface area (Å²) in [5, 5.41) is 5.26. The molecular formula is C15H14N4O5S2. The summed E-state index contributed by atoms with van der Waals surface area (Å²) in [6.45, 7) is 0.0177. The standard InChI is InChI=1S/C15H14N4O5S2/c1-26(23,24)9-2-3-10-11(8-9)25-15(16-10)17-12(20)6-7-19-14(22)5-4-13(21)18-19/h2-5,8H,6-7H2,1H3,(H,18,21)(H,16,17,20). The number of carbonyl (C=O) groups is 1. The first-order chi connectivity index (χ1) is 12.2. The van der Waals surface area contributed by atoms with Crippen LogP contribution in [0.25, 0.3) is 10.2 Å². The van der Waals surface area contributed by atoms with Gasteiger partial charge in [-0.3, -0.25) is 19.5 Å². The summed E-state index contributed by atoms with van der Waals surface area (Å²) in [4.78, 5) is 39.2. The van der Waals surface area contributed by atoms with Crippen molar-refractivity contribution in [3.8, 4) is 0 Å². The Morgan fingerprint density at radius 1 is 1.27 bits per heavy atom. The highest BCUT2D eigenvalue weighted by Crippen LogP contribution is 2.28. The molecule has 1 aromatic carbocycles. The molecule has 26 heavy (non-hydrogen) atoms. The second kappa shape index (κ2) is 6.84. The molecule has 3 rings (SSSR count). The summed E-state index contributed by atoms with van der Waals surface area (Å²) in [5.74, 6) is -0.385. The molecule has 0 radical (unpaired) electrons. The lowest BCUT2D eigenvalue weighted by Crippen LogP contribution is -2.29. The average Bonchev–Trinajstić information content (AvgIpc) is 2.96. The summed E-state index contributed by atoms with van der Waals surface area (Å²) < 4.78 is 24.9. The van der Waals surface area contributed by atoms with Crippen LogP contribution in [0.5, 0.6) is 0 Å². The van der Waals surface area contributed by atoms with E-state index in [0.29, 0.717) is 15.3 Å². The van der Waals surface area contributed by atoms with Crippen LogP contribution < -0.4 is 16.4 Å². The van der Waals surface area contributed by atoms with Gasteiger partial charge in [-0.1, -0.05) is 11.3 Å². The Morgan fingerprint density at radius 3 is 2.77 bits per heavy atom. The highest BCUT2D eigenvalue weighted by molar-refractivity contribution is 7.90. The number of benzene rings is 1. The smallest absolute Gasteiger partial charge is 0.265 e. The van der Waals surface area contributed by atoms with Crippen molar-refractivity contribution in [3.63, 3.8) is 0 Å². The first-order valence-electron chi connectivity index (χ1n) is 7.43. The van der Waals surface area contributed by atoms with Crippen LogP contribution in [0.4, 0.5) is 5.13 Å². The Hall–Kier alpha value is -2.79. The van der Waals surface area contributed by atoms with Gasteiger partial charge in [0, 0.05) is 24.8 Å². The van der Waals surface area contributed by atoms with Crippen LogP contribution in [0.1, 0.15) is 6.42 Å². The fourth-order valence-electron chi connectivity index (χ4n) is 2.21. The second-order valence-corrected chi connectivity index (χ2v) is 8.56. The minimum Gasteiger partial charge on any atom is -0.302 e. The van der Waals surface area contributed by atoms with Crippen molar-refractivity contribution in [2.75, 3.05) is 11.6 Å². The largest absolute Gasteiger partial charge is 0.302 e. The van der Waals surface area contributed by atoms with E-state index in [4.69, 9.17) is 0 Å². The number of hydrogen-bond acceptors (Lipinski definition) is 7. The molecule has 9 nitrogen and oxygen atoms in total. The maximum Gasteiger partial charge on any atom is 0.265 e. The van der Waals surface area contributed by atoms with Crippen LogP contribution in [0, 0.1) is 0 Å². The lowest BCUT2D eigenvalue weighted by molar-refractivity contribution is -0.116. The number of H-pyrrole nitrogens is 1. The van der Waals surface area contributed by atoms with Crippen molar-refractivity contribution >= 4 is 42.4 Å². The van der Waals surface area contributed by atoms with E-state index in [1.54, 1.807) is 6.07 Å². The van der Waals surface area contributed by atoms with Gasteiger partial charge in [0.2, 0.25) is 5.91 Å². The number of hydrogen-bond donors (Lipinski definition) is 2. The number of aromatic nitrogens is 3. The zero-order valence-electron chi connectivity index (χ0n) is 13.6. The number of thiazole rings is 1. The van der Waals surface area contributed by atoms with Gasteiger partial charge in [-0.05, 0) is 18.2 Å². The Morgan fingerprint density at radius 2 is 2.04 bits per heavy atom. The van der Waals surface area contributed by atoms with Gasteiger partial charge in [-0.25, -0.2) is 18.1 Å². The summed E-state index contributed by atoms with van der Waals surface area (Å²) in [6.07, 6.45) is 1.08. The third-order valence-electron chi connectivity index (χ3n) is 3.49. The van der Waals surface area contributed by atoms with Crippen molar-refractivity contribution in [3.05, 3.63) is 51.0 Å². The zero-order chi connectivity index (χ0) is 18.9. The molecule has 0 bridgehead atoms. The van der Waals surface area contributed by atoms with Crippen LogP contribution >= 0.6 is 11.3 Å². The van der Waals surface area contributed by atoms with Crippen molar-refractivity contribution < 1.29 is 13.2 Å². The number of anilines is 1. The number of aromatic amines is 1. The van der Waals surface area contributed by atoms with E-state index in [1.807, 2.05) is 0 Å². The molecule has 0 aliphatic heterocycles. The van der Waals surface area contributed by atoms with Crippen LogP contribution in [0.15, 0.2) is 44.8 Å². The molecule has 1 amide bonds. The number of carbonyl (C=O) groups excluding carboxylic acids is 1. The molecule has 0 fully saturated rings. The molecular weight excluding hydrogens is 380 g/mol. The van der Waals surface area contributed by atoms with Crippen molar-refractivity contribution in [1.82, 2.24) is 14.8 Å². The fourth-order valence-corrected chi connectivity index (χ4v) is 3.86. The minimum absolute atomic E-state index is 0.0177. The average molecular weight is 394 g/mol. The molecule has 2 aromatic heterocycles. The van der Waals surface area contributed by atoms with Gasteiger partial charge in [-0.15, -0.1) is 0 Å². The Kier molecular flexibility index (Phi) is 4.74. The van der Waals surface area contributed by atoms with Gasteiger partial charge in [0.1, 0.15) is 0 Å². The molecule has 0 aliphatic rings. The number of sulfone groups is 1. The van der Waals surface area contributed by atoms with Gasteiger partial charge < -0.3 is 5.32 Å². The number of nitrogens with one attached hydrogen (secondary N) is 2. The summed E-state index contributed by atoms with van der Waals surface area (Å²) in [7, 11) is -3.32. The van der Waals surface area contributed by atoms with E-state index in [0.717, 1.165) is 34.4 Å². The van der Waals surface area contributed by atoms with Crippen LogP contribution in [0.2, 0.25) is 0 Å². The lowest BCUT2D eigenvalue weighted by Gasteiger charge is -2.04. The van der Waals surface area contributed by atoms with Crippen molar-refractivity contribution in [2.45, 2.75) is 17.9 Å². The molecule has 0 aliphatic carbocycles. The van der Waals surface area contributed by atoms with Crippen LogP contribution in [-0.2, 0) is 21.2 Å². The normalized spacial score (nSPS) is 11.6. The van der Waals surface area contributed by atoms with Crippen molar-refractivity contribution in [2.24, 2.45) is 0 Å². The molecule has 0 saturated heterocycles. The number of fused-ring (bicyclic) bond motifs is 1. The van der Waals surface area contributed by atoms with Crippen LogP contribution in [-0.4, -0.2) is 35.3 Å². The third-order valence-corrected chi connectivity index (χ3v) is 5.53. The Balaban J connectivity index is 1.72. The van der Waals surface area contributed by atoms with Gasteiger partial charge in [-0.2, -0.15) is 0 Å². The maximum absolute atomic E-state index is 12.0. The van der Waals surface area contributed by atoms with E-state index in [2.05, 4.69) is 15.4 Å². The topological polar surface area (TPSA) is 131 Å². The Labute approximate surface area is 151 Å². The molecule has 2 N–H and O–H groups in total. The molecule has 2 heterocycles. The summed E-state index contributed by atoms with van der Waals surface area (Å²) in [5.41, 5.74) is -0.273. The first kappa shape index (κ1) is 18.0. The molecule has 0 saturated carbocycles. The monoisotopic (exact) mass is 394 g/mol. The molecule has 0 unspecified atom stereocenters. The first-order valence-corrected chi connectivity index (χ1v) is 10.1. The summed E-state index contributed by atoms with van der Waals surface area (Å²) in [6, 6.07) is 6.79. The maximum atomic E-state index is 12.0. The van der Waals surface area contributed by atoms with E-state index in [-0.39, 0.29) is 23.8 Å². The van der Waals surface area contributed by atoms with Crippen LogP contribution in [0.3, 0.4) is 0 Å². The predicted molar refractivity (Wildman–Crippen MR) is 97.3 cm³/mol. The molecule has 11 heteroatoms. The predicted octanol–water partition coefficient (Wildman–Crippen LogP) is 0.579. The SMILES string of the molecule is CS(=O)(=O)c1ccc2nc(NC(=O)CCn3[nH]c(=O)ccc3=O)sc2c1. The number of amides is 1. The van der Waals surface area contributed by atoms with E-state index < -0.39 is 21.0 Å². The molecule has 3 aromatic rings. The number of nitrogens with zero attached hydrogens (tertiary/aromatic N) is 2. The zero-order valence-corrected chi connectivity index (χ0v) is 15.2.